The fourth-order valence-electron chi connectivity index (χ4n) is 2.71. The Morgan fingerprint density at radius 2 is 1.73 bits per heavy atom. The van der Waals surface area contributed by atoms with Crippen molar-refractivity contribution in [2.45, 2.75) is 38.4 Å². The van der Waals surface area contributed by atoms with E-state index in [1.165, 1.54) is 18.2 Å². The lowest BCUT2D eigenvalue weighted by atomic mass is 10.1. The standard InChI is InChI=1S/C21H23F3N2O3S/c1-15(2)26-30(28,29)14-18-8-4-3-7-17(18)13-25-20(27)11-10-16-6-5-9-19(12-16)21(22,23)24/h3-12,15,26H,13-14H2,1-2H3,(H,25,27)/b11-10+. The van der Waals surface area contributed by atoms with Crippen LogP contribution in [-0.4, -0.2) is 20.4 Å². The molecule has 1 amide bonds. The van der Waals surface area contributed by atoms with Crippen LogP contribution in [0, 0.1) is 0 Å². The predicted molar refractivity (Wildman–Crippen MR) is 110 cm³/mol. The lowest BCUT2D eigenvalue weighted by Gasteiger charge is -2.13. The molecule has 0 radical (unpaired) electrons. The van der Waals surface area contributed by atoms with Gasteiger partial charge >= 0.3 is 6.18 Å². The third-order valence-electron chi connectivity index (χ3n) is 3.97. The molecule has 2 aromatic carbocycles. The molecule has 0 atom stereocenters. The molecule has 0 fully saturated rings. The molecular weight excluding hydrogens is 417 g/mol. The van der Waals surface area contributed by atoms with E-state index in [9.17, 15) is 26.4 Å². The van der Waals surface area contributed by atoms with Crippen LogP contribution in [0.4, 0.5) is 13.2 Å². The Balaban J connectivity index is 2.03. The SMILES string of the molecule is CC(C)NS(=O)(=O)Cc1ccccc1CNC(=O)/C=C/c1cccc(C(F)(F)F)c1. The summed E-state index contributed by atoms with van der Waals surface area (Å²) in [6, 6.07) is 11.2. The highest BCUT2D eigenvalue weighted by Crippen LogP contribution is 2.29. The second-order valence-corrected chi connectivity index (χ2v) is 8.73. The van der Waals surface area contributed by atoms with Gasteiger partial charge in [0.1, 0.15) is 0 Å². The molecule has 0 aliphatic carbocycles. The summed E-state index contributed by atoms with van der Waals surface area (Å²) in [6.45, 7) is 3.53. The van der Waals surface area contributed by atoms with Crippen molar-refractivity contribution in [3.63, 3.8) is 0 Å². The highest BCUT2D eigenvalue weighted by atomic mass is 32.2. The first-order chi connectivity index (χ1) is 14.0. The Morgan fingerprint density at radius 1 is 1.07 bits per heavy atom. The molecule has 0 bridgehead atoms. The van der Waals surface area contributed by atoms with E-state index in [1.54, 1.807) is 38.1 Å². The smallest absolute Gasteiger partial charge is 0.348 e. The van der Waals surface area contributed by atoms with Gasteiger partial charge in [0.15, 0.2) is 0 Å². The third-order valence-corrected chi connectivity index (χ3v) is 5.49. The van der Waals surface area contributed by atoms with Crippen LogP contribution in [0.3, 0.4) is 0 Å². The van der Waals surface area contributed by atoms with Gasteiger partial charge in [-0.3, -0.25) is 4.79 Å². The molecule has 2 aromatic rings. The van der Waals surface area contributed by atoms with E-state index in [-0.39, 0.29) is 23.9 Å². The van der Waals surface area contributed by atoms with Gasteiger partial charge in [0.05, 0.1) is 11.3 Å². The van der Waals surface area contributed by atoms with Crippen LogP contribution >= 0.6 is 0 Å². The minimum atomic E-state index is -4.46. The predicted octanol–water partition coefficient (Wildman–Crippen LogP) is 3.86. The van der Waals surface area contributed by atoms with E-state index in [0.717, 1.165) is 18.2 Å². The quantitative estimate of drug-likeness (QED) is 0.612. The Labute approximate surface area is 174 Å². The van der Waals surface area contributed by atoms with Crippen molar-refractivity contribution in [3.8, 4) is 0 Å². The Kier molecular flexibility index (Phi) is 7.80. The molecule has 162 valence electrons. The maximum atomic E-state index is 12.7. The largest absolute Gasteiger partial charge is 0.416 e. The van der Waals surface area contributed by atoms with Crippen LogP contribution in [0.5, 0.6) is 0 Å². The average Bonchev–Trinajstić information content (AvgIpc) is 2.64. The summed E-state index contributed by atoms with van der Waals surface area (Å²) in [5, 5.41) is 2.62. The van der Waals surface area contributed by atoms with Crippen LogP contribution in [0.15, 0.2) is 54.6 Å². The van der Waals surface area contributed by atoms with E-state index >= 15 is 0 Å². The topological polar surface area (TPSA) is 75.3 Å². The monoisotopic (exact) mass is 440 g/mol. The minimum Gasteiger partial charge on any atom is -0.348 e. The van der Waals surface area contributed by atoms with Crippen LogP contribution in [0.2, 0.25) is 0 Å². The highest BCUT2D eigenvalue weighted by Gasteiger charge is 2.30. The molecule has 0 aliphatic heterocycles. The molecule has 0 saturated carbocycles. The fraction of sp³-hybridized carbons (Fsp3) is 0.286. The molecule has 5 nitrogen and oxygen atoms in total. The van der Waals surface area contributed by atoms with Crippen molar-refractivity contribution in [2.24, 2.45) is 0 Å². The molecule has 0 spiro atoms. The summed E-state index contributed by atoms with van der Waals surface area (Å²) in [5.74, 6) is -0.734. The lowest BCUT2D eigenvalue weighted by Crippen LogP contribution is -2.31. The van der Waals surface area contributed by atoms with Crippen molar-refractivity contribution >= 4 is 22.0 Å². The number of rotatable bonds is 8. The second-order valence-electron chi connectivity index (χ2n) is 6.97. The first-order valence-electron chi connectivity index (χ1n) is 9.16. The molecule has 0 aliphatic rings. The summed E-state index contributed by atoms with van der Waals surface area (Å²) in [6.07, 6.45) is -2.04. The molecule has 0 aromatic heterocycles. The first kappa shape index (κ1) is 23.6. The molecule has 0 unspecified atom stereocenters. The maximum Gasteiger partial charge on any atom is 0.416 e. The Bertz CT molecular complexity index is 1020. The van der Waals surface area contributed by atoms with E-state index in [4.69, 9.17) is 0 Å². The number of alkyl halides is 3. The van der Waals surface area contributed by atoms with E-state index in [1.807, 2.05) is 0 Å². The van der Waals surface area contributed by atoms with E-state index < -0.39 is 27.7 Å². The van der Waals surface area contributed by atoms with Gasteiger partial charge in [0.25, 0.3) is 0 Å². The Hall–Kier alpha value is -2.65. The van der Waals surface area contributed by atoms with E-state index in [0.29, 0.717) is 11.1 Å². The van der Waals surface area contributed by atoms with Gasteiger partial charge in [0, 0.05) is 18.7 Å². The van der Waals surface area contributed by atoms with Gasteiger partial charge in [-0.25, -0.2) is 13.1 Å². The zero-order chi connectivity index (χ0) is 22.4. The van der Waals surface area contributed by atoms with Crippen LogP contribution in [0.25, 0.3) is 6.08 Å². The number of nitrogens with one attached hydrogen (secondary N) is 2. The van der Waals surface area contributed by atoms with Gasteiger partial charge < -0.3 is 5.32 Å². The lowest BCUT2D eigenvalue weighted by molar-refractivity contribution is -0.137. The molecular formula is C21H23F3N2O3S. The van der Waals surface area contributed by atoms with Crippen molar-refractivity contribution in [1.82, 2.24) is 10.0 Å². The number of benzene rings is 2. The van der Waals surface area contributed by atoms with Crippen LogP contribution < -0.4 is 10.0 Å². The minimum absolute atomic E-state index is 0.0825. The van der Waals surface area contributed by atoms with Gasteiger partial charge in [-0.2, -0.15) is 13.2 Å². The molecule has 9 heteroatoms. The molecule has 2 N–H and O–H groups in total. The van der Waals surface area contributed by atoms with Gasteiger partial charge in [-0.15, -0.1) is 0 Å². The summed E-state index contributed by atoms with van der Waals surface area (Å²) in [5.41, 5.74) is 0.627. The normalized spacial score (nSPS) is 12.5. The number of carbonyl (C=O) groups excluding carboxylic acids is 1. The fourth-order valence-corrected chi connectivity index (χ4v) is 4.20. The zero-order valence-corrected chi connectivity index (χ0v) is 17.3. The molecule has 30 heavy (non-hydrogen) atoms. The summed E-state index contributed by atoms with van der Waals surface area (Å²) in [4.78, 5) is 12.1. The third kappa shape index (κ3) is 7.64. The summed E-state index contributed by atoms with van der Waals surface area (Å²) < 4.78 is 65.1. The number of hydrogen-bond acceptors (Lipinski definition) is 3. The van der Waals surface area contributed by atoms with Crippen LogP contribution in [0.1, 0.15) is 36.1 Å². The van der Waals surface area contributed by atoms with Gasteiger partial charge in [0.2, 0.25) is 15.9 Å². The molecule has 0 heterocycles. The first-order valence-corrected chi connectivity index (χ1v) is 10.8. The van der Waals surface area contributed by atoms with Crippen molar-refractivity contribution < 1.29 is 26.4 Å². The maximum absolute atomic E-state index is 12.7. The number of amides is 1. The van der Waals surface area contributed by atoms with Crippen molar-refractivity contribution in [1.29, 1.82) is 0 Å². The average molecular weight is 440 g/mol. The number of hydrogen-bond donors (Lipinski definition) is 2. The number of halogens is 3. The van der Waals surface area contributed by atoms with Gasteiger partial charge in [-0.1, -0.05) is 36.4 Å². The molecule has 2 rings (SSSR count). The van der Waals surface area contributed by atoms with E-state index in [2.05, 4.69) is 10.0 Å². The zero-order valence-electron chi connectivity index (χ0n) is 16.5. The summed E-state index contributed by atoms with van der Waals surface area (Å²) >= 11 is 0. The molecule has 0 saturated heterocycles. The van der Waals surface area contributed by atoms with Crippen molar-refractivity contribution in [3.05, 3.63) is 76.9 Å². The van der Waals surface area contributed by atoms with Gasteiger partial charge in [-0.05, 0) is 48.7 Å². The highest BCUT2D eigenvalue weighted by molar-refractivity contribution is 7.88. The number of sulfonamides is 1. The number of carbonyl (C=O) groups is 1. The van der Waals surface area contributed by atoms with Crippen molar-refractivity contribution in [2.75, 3.05) is 0 Å². The summed E-state index contributed by atoms with van der Waals surface area (Å²) in [7, 11) is -3.53. The Morgan fingerprint density at radius 3 is 2.37 bits per heavy atom. The van der Waals surface area contributed by atoms with Crippen LogP contribution in [-0.2, 0) is 33.3 Å². The second kappa shape index (κ2) is 9.90.